The Morgan fingerprint density at radius 1 is 1.03 bits per heavy atom. The number of hydrogen-bond acceptors (Lipinski definition) is 5. The number of nitrogens with zero attached hydrogens (tertiary/aromatic N) is 1. The summed E-state index contributed by atoms with van der Waals surface area (Å²) in [5.41, 5.74) is -0.250. The van der Waals surface area contributed by atoms with Crippen molar-refractivity contribution in [2.24, 2.45) is 0 Å². The van der Waals surface area contributed by atoms with Crippen molar-refractivity contribution >= 4 is 44.1 Å². The minimum atomic E-state index is -4.59. The van der Waals surface area contributed by atoms with E-state index < -0.39 is 21.9 Å². The number of sulfonamides is 1. The molecule has 0 aliphatic heterocycles. The fourth-order valence-corrected chi connectivity index (χ4v) is 5.20. The lowest BCUT2D eigenvalue weighted by Crippen LogP contribution is -2.40. The quantitative estimate of drug-likeness (QED) is 0.410. The number of amides is 1. The van der Waals surface area contributed by atoms with E-state index in [-0.39, 0.29) is 34.0 Å². The van der Waals surface area contributed by atoms with Gasteiger partial charge in [-0.25, -0.2) is 18.1 Å². The highest BCUT2D eigenvalue weighted by molar-refractivity contribution is 7.89. The molecular formula is C24H24ClF3N4O3S. The number of nitrogens with one attached hydrogen (secondary N) is 3. The number of hydrogen-bond donors (Lipinski definition) is 3. The zero-order valence-electron chi connectivity index (χ0n) is 19.2. The van der Waals surface area contributed by atoms with Crippen LogP contribution in [0.15, 0.2) is 53.4 Å². The first-order chi connectivity index (χ1) is 17.0. The summed E-state index contributed by atoms with van der Waals surface area (Å²) in [4.78, 5) is 16.4. The molecule has 1 aromatic heterocycles. The largest absolute Gasteiger partial charge is 0.433 e. The van der Waals surface area contributed by atoms with Crippen LogP contribution in [0.4, 0.5) is 18.9 Å². The number of halogens is 4. The van der Waals surface area contributed by atoms with Crippen molar-refractivity contribution in [2.45, 2.75) is 48.8 Å². The Bertz CT molecular complexity index is 1390. The fraction of sp³-hybridized carbons (Fsp3) is 0.333. The first-order valence-corrected chi connectivity index (χ1v) is 13.1. The number of rotatable bonds is 6. The van der Waals surface area contributed by atoms with Gasteiger partial charge >= 0.3 is 6.18 Å². The molecule has 0 spiro atoms. The van der Waals surface area contributed by atoms with Gasteiger partial charge in [0.15, 0.2) is 0 Å². The van der Waals surface area contributed by atoms with Gasteiger partial charge in [0.2, 0.25) is 10.0 Å². The molecule has 0 atom stereocenters. The summed E-state index contributed by atoms with van der Waals surface area (Å²) >= 11 is 6.07. The summed E-state index contributed by atoms with van der Waals surface area (Å²) in [7, 11) is -2.38. The summed E-state index contributed by atoms with van der Waals surface area (Å²) in [6.07, 6.45) is -2.15. The molecule has 1 saturated carbocycles. The normalized spacial score (nSPS) is 18.7. The van der Waals surface area contributed by atoms with Gasteiger partial charge < -0.3 is 10.6 Å². The van der Waals surface area contributed by atoms with E-state index in [9.17, 15) is 26.4 Å². The van der Waals surface area contributed by atoms with Crippen LogP contribution in [-0.4, -0.2) is 38.4 Å². The lowest BCUT2D eigenvalue weighted by atomic mass is 9.90. The van der Waals surface area contributed by atoms with E-state index >= 15 is 0 Å². The molecule has 3 aromatic rings. The smallest absolute Gasteiger partial charge is 0.382 e. The monoisotopic (exact) mass is 540 g/mol. The molecule has 36 heavy (non-hydrogen) atoms. The molecule has 0 unspecified atom stereocenters. The van der Waals surface area contributed by atoms with Crippen LogP contribution in [0.1, 0.15) is 41.7 Å². The summed E-state index contributed by atoms with van der Waals surface area (Å²) < 4.78 is 66.4. The lowest BCUT2D eigenvalue weighted by molar-refractivity contribution is -0.140. The zero-order valence-corrected chi connectivity index (χ0v) is 20.8. The highest BCUT2D eigenvalue weighted by Gasteiger charge is 2.34. The van der Waals surface area contributed by atoms with Crippen LogP contribution in [0.2, 0.25) is 5.02 Å². The molecule has 12 heteroatoms. The van der Waals surface area contributed by atoms with Gasteiger partial charge in [-0.15, -0.1) is 0 Å². The lowest BCUT2D eigenvalue weighted by Gasteiger charge is -2.31. The van der Waals surface area contributed by atoms with Crippen molar-refractivity contribution in [1.29, 1.82) is 0 Å². The summed E-state index contributed by atoms with van der Waals surface area (Å²) in [5, 5.41) is 7.03. The maximum atomic E-state index is 13.4. The van der Waals surface area contributed by atoms with E-state index in [1.54, 1.807) is 6.07 Å². The van der Waals surface area contributed by atoms with Crippen molar-refractivity contribution in [1.82, 2.24) is 15.0 Å². The average Bonchev–Trinajstić information content (AvgIpc) is 2.84. The molecule has 1 fully saturated rings. The minimum Gasteiger partial charge on any atom is -0.382 e. The second-order valence-corrected chi connectivity index (χ2v) is 10.9. The van der Waals surface area contributed by atoms with Crippen molar-refractivity contribution < 1.29 is 26.4 Å². The molecule has 1 amide bonds. The second kappa shape index (κ2) is 10.2. The van der Waals surface area contributed by atoms with Gasteiger partial charge in [0.1, 0.15) is 5.69 Å². The van der Waals surface area contributed by atoms with E-state index in [2.05, 4.69) is 20.3 Å². The van der Waals surface area contributed by atoms with Crippen molar-refractivity contribution in [2.75, 3.05) is 12.4 Å². The van der Waals surface area contributed by atoms with E-state index in [0.29, 0.717) is 41.8 Å². The molecule has 1 aliphatic carbocycles. The Balaban J connectivity index is 1.43. The van der Waals surface area contributed by atoms with Gasteiger partial charge in [0, 0.05) is 33.7 Å². The summed E-state index contributed by atoms with van der Waals surface area (Å²) in [5.74, 6) is -0.385. The minimum absolute atomic E-state index is 0.00605. The van der Waals surface area contributed by atoms with Crippen LogP contribution in [0.25, 0.3) is 10.9 Å². The number of carbonyl (C=O) groups excluding carboxylic acids is 1. The van der Waals surface area contributed by atoms with Gasteiger partial charge in [0.05, 0.1) is 10.4 Å². The van der Waals surface area contributed by atoms with Crippen LogP contribution in [0, 0.1) is 0 Å². The maximum absolute atomic E-state index is 13.4. The molecule has 0 bridgehead atoms. The molecule has 192 valence electrons. The average molecular weight is 541 g/mol. The number of alkyl halides is 3. The number of pyridine rings is 1. The summed E-state index contributed by atoms with van der Waals surface area (Å²) in [6, 6.07) is 11.0. The Labute approximate surface area is 211 Å². The van der Waals surface area contributed by atoms with Crippen molar-refractivity contribution in [3.8, 4) is 0 Å². The molecule has 3 N–H and O–H groups in total. The van der Waals surface area contributed by atoms with Crippen molar-refractivity contribution in [3.05, 3.63) is 64.8 Å². The standard InChI is InChI=1S/C24H24ClF3N4O3S/c1-29-36(34,35)18-4-2-3-14(11-18)23(33)31-17-8-6-16(7-9-17)30-21-13-22(24(26,27)28)32-20-10-5-15(25)12-19(20)21/h2-5,10-13,16-17,29H,6-9H2,1H3,(H,30,32)(H,31,33). The van der Waals surface area contributed by atoms with Gasteiger partial charge in [-0.3, -0.25) is 4.79 Å². The number of benzene rings is 2. The van der Waals surface area contributed by atoms with E-state index in [0.717, 1.165) is 6.07 Å². The highest BCUT2D eigenvalue weighted by Crippen LogP contribution is 2.35. The predicted octanol–water partition coefficient (Wildman–Crippen LogP) is 4.97. The topological polar surface area (TPSA) is 100 Å². The molecule has 4 rings (SSSR count). The zero-order chi connectivity index (χ0) is 26.1. The molecule has 0 saturated heterocycles. The molecule has 1 heterocycles. The Morgan fingerprint density at radius 3 is 2.39 bits per heavy atom. The van der Waals surface area contributed by atoms with Crippen LogP contribution in [-0.2, 0) is 16.2 Å². The molecule has 0 radical (unpaired) electrons. The van der Waals surface area contributed by atoms with Crippen LogP contribution < -0.4 is 15.4 Å². The van der Waals surface area contributed by atoms with Gasteiger partial charge in [-0.05, 0) is 75.2 Å². The third kappa shape index (κ3) is 5.91. The molecular weight excluding hydrogens is 517 g/mol. The van der Waals surface area contributed by atoms with E-state index in [1.165, 1.54) is 43.4 Å². The molecule has 1 aliphatic rings. The first kappa shape index (κ1) is 26.2. The number of fused-ring (bicyclic) bond motifs is 1. The maximum Gasteiger partial charge on any atom is 0.433 e. The third-order valence-electron chi connectivity index (χ3n) is 6.16. The SMILES string of the molecule is CNS(=O)(=O)c1cccc(C(=O)NC2CCC(Nc3cc(C(F)(F)F)nc4ccc(Cl)cc34)CC2)c1. The fourth-order valence-electron chi connectivity index (χ4n) is 4.26. The summed E-state index contributed by atoms with van der Waals surface area (Å²) in [6.45, 7) is 0. The second-order valence-electron chi connectivity index (χ2n) is 8.62. The van der Waals surface area contributed by atoms with E-state index in [1.807, 2.05) is 0 Å². The number of anilines is 1. The van der Waals surface area contributed by atoms with Gasteiger partial charge in [-0.1, -0.05) is 17.7 Å². The van der Waals surface area contributed by atoms with Crippen molar-refractivity contribution in [3.63, 3.8) is 0 Å². The van der Waals surface area contributed by atoms with Crippen LogP contribution >= 0.6 is 11.6 Å². The van der Waals surface area contributed by atoms with Crippen LogP contribution in [0.5, 0.6) is 0 Å². The third-order valence-corrected chi connectivity index (χ3v) is 7.81. The number of carbonyl (C=O) groups is 1. The highest BCUT2D eigenvalue weighted by atomic mass is 35.5. The molecule has 7 nitrogen and oxygen atoms in total. The Kier molecular flexibility index (Phi) is 7.44. The first-order valence-electron chi connectivity index (χ1n) is 11.2. The Morgan fingerprint density at radius 2 is 1.72 bits per heavy atom. The van der Waals surface area contributed by atoms with E-state index in [4.69, 9.17) is 11.6 Å². The Hall–Kier alpha value is -2.89. The van der Waals surface area contributed by atoms with Crippen LogP contribution in [0.3, 0.4) is 0 Å². The van der Waals surface area contributed by atoms with Gasteiger partial charge in [0.25, 0.3) is 5.91 Å². The van der Waals surface area contributed by atoms with Gasteiger partial charge in [-0.2, -0.15) is 13.2 Å². The number of aromatic nitrogens is 1. The molecule has 2 aromatic carbocycles. The predicted molar refractivity (Wildman–Crippen MR) is 132 cm³/mol.